The molecule has 5 aromatic rings. The summed E-state index contributed by atoms with van der Waals surface area (Å²) in [5.74, 6) is 0.536. The third-order valence-electron chi connectivity index (χ3n) is 6.21. The van der Waals surface area contributed by atoms with Gasteiger partial charge in [-0.2, -0.15) is 10.2 Å². The van der Waals surface area contributed by atoms with Crippen LogP contribution in [0.5, 0.6) is 0 Å². The average molecular weight is 520 g/mol. The predicted molar refractivity (Wildman–Crippen MR) is 139 cm³/mol. The highest BCUT2D eigenvalue weighted by molar-refractivity contribution is 5.77. The Balaban J connectivity index is 0.000000316. The molecule has 196 valence electrons. The second-order valence-electron chi connectivity index (χ2n) is 8.95. The zero-order valence-electron chi connectivity index (χ0n) is 21.0. The fraction of sp³-hybridized carbons (Fsp3) is 0.269. The van der Waals surface area contributed by atoms with E-state index in [0.717, 1.165) is 60.3 Å². The van der Waals surface area contributed by atoms with Gasteiger partial charge in [0.15, 0.2) is 5.82 Å². The van der Waals surface area contributed by atoms with Crippen LogP contribution in [0, 0.1) is 11.6 Å². The van der Waals surface area contributed by atoms with E-state index in [2.05, 4.69) is 41.0 Å². The van der Waals surface area contributed by atoms with Crippen LogP contribution in [-0.2, 0) is 7.05 Å². The molecule has 5 heterocycles. The molecule has 1 N–H and O–H groups in total. The maximum Gasteiger partial charge on any atom is 0.225 e. The number of benzene rings is 1. The van der Waals surface area contributed by atoms with Gasteiger partial charge in [0.25, 0.3) is 0 Å². The average Bonchev–Trinajstić information content (AvgIpc) is 3.55. The summed E-state index contributed by atoms with van der Waals surface area (Å²) in [5.41, 5.74) is 3.81. The zero-order chi connectivity index (χ0) is 26.6. The lowest BCUT2D eigenvalue weighted by molar-refractivity contribution is 0.198. The minimum atomic E-state index is -0.560. The molecule has 1 fully saturated rings. The monoisotopic (exact) mass is 519 g/mol. The van der Waals surface area contributed by atoms with Crippen molar-refractivity contribution in [1.29, 1.82) is 0 Å². The molecule has 1 aliphatic heterocycles. The van der Waals surface area contributed by atoms with Gasteiger partial charge in [0.1, 0.15) is 23.5 Å². The molecule has 4 aromatic heterocycles. The summed E-state index contributed by atoms with van der Waals surface area (Å²) in [6.45, 7) is 4.91. The van der Waals surface area contributed by atoms with Crippen molar-refractivity contribution in [3.63, 3.8) is 0 Å². The summed E-state index contributed by atoms with van der Waals surface area (Å²) in [6, 6.07) is 6.66. The predicted octanol–water partition coefficient (Wildman–Crippen LogP) is 3.26. The quantitative estimate of drug-likeness (QED) is 0.386. The molecular formula is C26H27F2N9O. The van der Waals surface area contributed by atoms with Crippen LogP contribution in [0.1, 0.15) is 18.6 Å². The molecule has 0 radical (unpaired) electrons. The highest BCUT2D eigenvalue weighted by Crippen LogP contribution is 2.27. The van der Waals surface area contributed by atoms with E-state index < -0.39 is 17.7 Å². The Kier molecular flexibility index (Phi) is 7.22. The van der Waals surface area contributed by atoms with Gasteiger partial charge in [-0.3, -0.25) is 4.68 Å². The standard InChI is InChI=1S/C20H23N9O.C6H4F2/c1-14(30)16-8-21-20(22-9-16)28-5-3-27(4-6-28)19-18-7-15(12-29(18)25-13-23-19)17-10-24-26(2)11-17;7-5-2-1-3-6(8)4-5/h7-14,30H,3-6H2,1-2H3;1-4H. The number of halogens is 2. The van der Waals surface area contributed by atoms with Gasteiger partial charge in [0.05, 0.1) is 12.3 Å². The lowest BCUT2D eigenvalue weighted by atomic mass is 10.2. The third kappa shape index (κ3) is 5.59. The van der Waals surface area contributed by atoms with E-state index in [4.69, 9.17) is 0 Å². The van der Waals surface area contributed by atoms with Crippen molar-refractivity contribution >= 4 is 17.3 Å². The Hall–Kier alpha value is -4.45. The number of piperazine rings is 1. The molecule has 38 heavy (non-hydrogen) atoms. The number of aryl methyl sites for hydroxylation is 1. The van der Waals surface area contributed by atoms with Crippen molar-refractivity contribution in [2.75, 3.05) is 36.0 Å². The number of aromatic nitrogens is 7. The summed E-state index contributed by atoms with van der Waals surface area (Å²) in [6.07, 6.45) is 10.3. The van der Waals surface area contributed by atoms with Gasteiger partial charge in [0, 0.05) is 80.8 Å². The molecule has 1 atom stereocenters. The maximum atomic E-state index is 11.9. The van der Waals surface area contributed by atoms with E-state index in [1.807, 2.05) is 30.2 Å². The van der Waals surface area contributed by atoms with Crippen LogP contribution in [0.3, 0.4) is 0 Å². The van der Waals surface area contributed by atoms with Crippen LogP contribution in [0.2, 0.25) is 0 Å². The number of nitrogens with zero attached hydrogens (tertiary/aromatic N) is 9. The largest absolute Gasteiger partial charge is 0.389 e. The molecule has 6 rings (SSSR count). The number of aliphatic hydroxyl groups excluding tert-OH is 1. The summed E-state index contributed by atoms with van der Waals surface area (Å²) < 4.78 is 27.5. The molecule has 0 saturated carbocycles. The van der Waals surface area contributed by atoms with Crippen molar-refractivity contribution < 1.29 is 13.9 Å². The number of hydrogen-bond acceptors (Lipinski definition) is 8. The van der Waals surface area contributed by atoms with E-state index >= 15 is 0 Å². The van der Waals surface area contributed by atoms with E-state index in [0.29, 0.717) is 5.95 Å². The third-order valence-corrected chi connectivity index (χ3v) is 6.21. The molecule has 1 aromatic carbocycles. The second kappa shape index (κ2) is 10.9. The minimum absolute atomic E-state index is 0.537. The summed E-state index contributed by atoms with van der Waals surface area (Å²) in [5, 5.41) is 18.3. The first kappa shape index (κ1) is 25.2. The molecule has 12 heteroatoms. The van der Waals surface area contributed by atoms with Crippen molar-refractivity contribution in [1.82, 2.24) is 34.3 Å². The van der Waals surface area contributed by atoms with Gasteiger partial charge < -0.3 is 14.9 Å². The molecule has 0 aliphatic carbocycles. The molecular weight excluding hydrogens is 492 g/mol. The van der Waals surface area contributed by atoms with Crippen molar-refractivity contribution in [3.05, 3.63) is 84.8 Å². The molecule has 1 unspecified atom stereocenters. The molecule has 0 bridgehead atoms. The Labute approximate surface area is 217 Å². The molecule has 10 nitrogen and oxygen atoms in total. The zero-order valence-corrected chi connectivity index (χ0v) is 21.0. The van der Waals surface area contributed by atoms with E-state index in [1.54, 1.807) is 30.3 Å². The van der Waals surface area contributed by atoms with Gasteiger partial charge in [-0.25, -0.2) is 28.2 Å². The lowest BCUT2D eigenvalue weighted by Gasteiger charge is -2.35. The Morgan fingerprint density at radius 2 is 1.53 bits per heavy atom. The van der Waals surface area contributed by atoms with E-state index in [-0.39, 0.29) is 0 Å². The number of aliphatic hydroxyl groups is 1. The number of fused-ring (bicyclic) bond motifs is 1. The van der Waals surface area contributed by atoms with Gasteiger partial charge in [-0.05, 0) is 25.1 Å². The SMILES string of the molecule is CC(O)c1cnc(N2CCN(c3ncnn4cc(-c5cnn(C)c5)cc34)CC2)nc1.Fc1cccc(F)c1. The van der Waals surface area contributed by atoms with E-state index in [9.17, 15) is 13.9 Å². The van der Waals surface area contributed by atoms with Crippen molar-refractivity contribution in [2.45, 2.75) is 13.0 Å². The van der Waals surface area contributed by atoms with Gasteiger partial charge >= 0.3 is 0 Å². The molecule has 1 saturated heterocycles. The van der Waals surface area contributed by atoms with Gasteiger partial charge in [-0.1, -0.05) is 6.07 Å². The number of rotatable bonds is 4. The fourth-order valence-electron chi connectivity index (χ4n) is 4.18. The highest BCUT2D eigenvalue weighted by Gasteiger charge is 2.22. The molecule has 0 spiro atoms. The first-order valence-electron chi connectivity index (χ1n) is 12.1. The Bertz CT molecular complexity index is 1490. The molecule has 1 aliphatic rings. The summed E-state index contributed by atoms with van der Waals surface area (Å²) in [4.78, 5) is 17.8. The Morgan fingerprint density at radius 1 is 0.842 bits per heavy atom. The minimum Gasteiger partial charge on any atom is -0.389 e. The maximum absolute atomic E-state index is 11.9. The van der Waals surface area contributed by atoms with Crippen LogP contribution in [0.25, 0.3) is 16.6 Å². The number of anilines is 2. The van der Waals surface area contributed by atoms with Crippen molar-refractivity contribution in [3.8, 4) is 11.1 Å². The normalized spacial score (nSPS) is 14.3. The first-order chi connectivity index (χ1) is 18.4. The van der Waals surface area contributed by atoms with Crippen molar-refractivity contribution in [2.24, 2.45) is 7.05 Å². The van der Waals surface area contributed by atoms with E-state index in [1.165, 1.54) is 18.2 Å². The topological polar surface area (TPSA) is 101 Å². The summed E-state index contributed by atoms with van der Waals surface area (Å²) in [7, 11) is 1.91. The van der Waals surface area contributed by atoms with Gasteiger partial charge in [-0.15, -0.1) is 0 Å². The van der Waals surface area contributed by atoms with Crippen LogP contribution < -0.4 is 9.80 Å². The van der Waals surface area contributed by atoms with Gasteiger partial charge in [0.2, 0.25) is 5.95 Å². The van der Waals surface area contributed by atoms with Crippen LogP contribution >= 0.6 is 0 Å². The summed E-state index contributed by atoms with van der Waals surface area (Å²) >= 11 is 0. The highest BCUT2D eigenvalue weighted by atomic mass is 19.1. The smallest absolute Gasteiger partial charge is 0.225 e. The Morgan fingerprint density at radius 3 is 2.11 bits per heavy atom. The lowest BCUT2D eigenvalue weighted by Crippen LogP contribution is -2.47. The second-order valence-corrected chi connectivity index (χ2v) is 8.95. The number of hydrogen-bond donors (Lipinski definition) is 1. The van der Waals surface area contributed by atoms with Crippen LogP contribution in [0.4, 0.5) is 20.5 Å². The molecule has 0 amide bonds. The van der Waals surface area contributed by atoms with Crippen LogP contribution in [0.15, 0.2) is 67.6 Å². The first-order valence-corrected chi connectivity index (χ1v) is 12.1. The van der Waals surface area contributed by atoms with Crippen LogP contribution in [-0.4, -0.2) is 65.6 Å². The fourth-order valence-corrected chi connectivity index (χ4v) is 4.18.